The zero-order chi connectivity index (χ0) is 16.7. The van der Waals surface area contributed by atoms with Crippen LogP contribution in [0.15, 0.2) is 12.0 Å². The van der Waals surface area contributed by atoms with Crippen LogP contribution in [0.1, 0.15) is 72.1 Å². The lowest BCUT2D eigenvalue weighted by atomic mass is 9.59. The fourth-order valence-corrected chi connectivity index (χ4v) is 3.65. The molecule has 0 bridgehead atoms. The van der Waals surface area contributed by atoms with E-state index in [-0.39, 0.29) is 25.2 Å². The zero-order valence-corrected chi connectivity index (χ0v) is 15.1. The molecule has 5 heteroatoms. The van der Waals surface area contributed by atoms with Crippen LogP contribution in [-0.4, -0.2) is 30.1 Å². The summed E-state index contributed by atoms with van der Waals surface area (Å²) in [4.78, 5) is 14.1. The van der Waals surface area contributed by atoms with Crippen LogP contribution in [0.3, 0.4) is 0 Å². The number of ether oxygens (including phenoxy) is 1. The Labute approximate surface area is 141 Å². The van der Waals surface area contributed by atoms with Crippen molar-refractivity contribution in [1.29, 1.82) is 0 Å². The Morgan fingerprint density at radius 1 is 1.26 bits per heavy atom. The van der Waals surface area contributed by atoms with Gasteiger partial charge in [-0.3, -0.25) is 0 Å². The molecule has 4 nitrogen and oxygen atoms in total. The standard InChI is InChI=1S/C18H32BNO3/c1-4-7-13-19(14-8-5-2)23-17(6-3)20-15-11-9-10-12-16(15)22-18(20)21/h6,15-16H,4-5,7-14H2,1-3H3/b17-6+/t15-,16-/m1/s1. The molecule has 2 rings (SSSR count). The van der Waals surface area contributed by atoms with Crippen molar-refractivity contribution in [2.75, 3.05) is 0 Å². The average molecular weight is 321 g/mol. The highest BCUT2D eigenvalue weighted by molar-refractivity contribution is 6.52. The van der Waals surface area contributed by atoms with Gasteiger partial charge in [-0.05, 0) is 44.9 Å². The third-order valence-corrected chi connectivity index (χ3v) is 4.98. The number of nitrogens with zero attached hydrogens (tertiary/aromatic N) is 1. The first kappa shape index (κ1) is 18.2. The molecule has 0 aromatic heterocycles. The Balaban J connectivity index is 2.03. The van der Waals surface area contributed by atoms with Crippen molar-refractivity contribution in [3.63, 3.8) is 0 Å². The SMILES string of the molecule is C/C=C(/OB(CCCC)CCCC)N1C(=O)O[C@@H]2CCCC[C@H]21. The van der Waals surface area contributed by atoms with Gasteiger partial charge in [0.05, 0.1) is 6.04 Å². The second kappa shape index (κ2) is 9.24. The molecule has 0 unspecified atom stereocenters. The number of unbranched alkanes of at least 4 members (excludes halogenated alkanes) is 2. The Bertz CT molecular complexity index is 405. The van der Waals surface area contributed by atoms with Crippen LogP contribution in [-0.2, 0) is 9.39 Å². The van der Waals surface area contributed by atoms with E-state index in [2.05, 4.69) is 13.8 Å². The van der Waals surface area contributed by atoms with E-state index in [1.165, 1.54) is 32.1 Å². The minimum Gasteiger partial charge on any atom is -0.549 e. The minimum atomic E-state index is -0.222. The van der Waals surface area contributed by atoms with E-state index in [0.717, 1.165) is 31.9 Å². The van der Waals surface area contributed by atoms with Crippen LogP contribution in [0.25, 0.3) is 0 Å². The number of hydrogen-bond acceptors (Lipinski definition) is 3. The predicted octanol–water partition coefficient (Wildman–Crippen LogP) is 5.22. The van der Waals surface area contributed by atoms with E-state index in [1.54, 1.807) is 4.90 Å². The molecule has 2 atom stereocenters. The first-order chi connectivity index (χ1) is 11.2. The lowest BCUT2D eigenvalue weighted by molar-refractivity contribution is 0.113. The molecule has 0 spiro atoms. The largest absolute Gasteiger partial charge is 0.549 e. The van der Waals surface area contributed by atoms with Crippen molar-refractivity contribution < 1.29 is 14.2 Å². The number of amides is 1. The summed E-state index contributed by atoms with van der Waals surface area (Å²) in [7, 11) is 0. The fraction of sp³-hybridized carbons (Fsp3) is 0.833. The van der Waals surface area contributed by atoms with Gasteiger partial charge in [0.1, 0.15) is 6.10 Å². The predicted molar refractivity (Wildman–Crippen MR) is 94.4 cm³/mol. The maximum atomic E-state index is 12.3. The first-order valence-corrected chi connectivity index (χ1v) is 9.54. The Hall–Kier alpha value is -1.13. The third-order valence-electron chi connectivity index (χ3n) is 4.98. The molecular weight excluding hydrogens is 289 g/mol. The van der Waals surface area contributed by atoms with Crippen molar-refractivity contribution in [2.24, 2.45) is 0 Å². The highest BCUT2D eigenvalue weighted by atomic mass is 16.6. The smallest absolute Gasteiger partial charge is 0.417 e. The minimum absolute atomic E-state index is 0.0551. The van der Waals surface area contributed by atoms with Gasteiger partial charge in [0.25, 0.3) is 0 Å². The summed E-state index contributed by atoms with van der Waals surface area (Å²) < 4.78 is 11.9. The zero-order valence-electron chi connectivity index (χ0n) is 15.1. The summed E-state index contributed by atoms with van der Waals surface area (Å²) in [5.74, 6) is 0.710. The first-order valence-electron chi connectivity index (χ1n) is 9.54. The van der Waals surface area contributed by atoms with Gasteiger partial charge >= 0.3 is 13.0 Å². The maximum Gasteiger partial charge on any atom is 0.417 e. The lowest BCUT2D eigenvalue weighted by Gasteiger charge is -2.30. The van der Waals surface area contributed by atoms with Crippen molar-refractivity contribution in [3.8, 4) is 0 Å². The van der Waals surface area contributed by atoms with Crippen LogP contribution in [0.4, 0.5) is 4.79 Å². The summed E-state index contributed by atoms with van der Waals surface area (Å²) in [5, 5.41) is 0. The number of carbonyl (C=O) groups is 1. The van der Waals surface area contributed by atoms with Crippen molar-refractivity contribution >= 4 is 13.0 Å². The second-order valence-corrected chi connectivity index (χ2v) is 6.80. The molecule has 1 saturated heterocycles. The number of hydrogen-bond donors (Lipinski definition) is 0. The van der Waals surface area contributed by atoms with Crippen LogP contribution in [0.5, 0.6) is 0 Å². The van der Waals surface area contributed by atoms with E-state index in [4.69, 9.17) is 9.39 Å². The number of carbonyl (C=O) groups excluding carboxylic acids is 1. The highest BCUT2D eigenvalue weighted by Gasteiger charge is 2.45. The summed E-state index contributed by atoms with van der Waals surface area (Å²) in [6.45, 7) is 6.57. The Morgan fingerprint density at radius 3 is 2.52 bits per heavy atom. The van der Waals surface area contributed by atoms with Crippen molar-refractivity contribution in [2.45, 2.75) is 96.9 Å². The summed E-state index contributed by atoms with van der Waals surface area (Å²) >= 11 is 0. The number of fused-ring (bicyclic) bond motifs is 1. The third kappa shape index (κ3) is 4.68. The van der Waals surface area contributed by atoms with E-state index in [1.807, 2.05) is 13.0 Å². The lowest BCUT2D eigenvalue weighted by Crippen LogP contribution is -2.40. The van der Waals surface area contributed by atoms with E-state index in [0.29, 0.717) is 5.88 Å². The molecule has 0 radical (unpaired) electrons. The summed E-state index contributed by atoms with van der Waals surface area (Å²) in [5.41, 5.74) is 0. The molecule has 2 aliphatic rings. The van der Waals surface area contributed by atoms with Gasteiger partial charge in [-0.1, -0.05) is 46.0 Å². The molecule has 1 amide bonds. The molecular formula is C18H32BNO3. The van der Waals surface area contributed by atoms with Crippen LogP contribution >= 0.6 is 0 Å². The van der Waals surface area contributed by atoms with Crippen LogP contribution in [0, 0.1) is 0 Å². The Morgan fingerprint density at radius 2 is 1.91 bits per heavy atom. The summed E-state index contributed by atoms with van der Waals surface area (Å²) in [6.07, 6.45) is 12.9. The molecule has 0 aromatic carbocycles. The van der Waals surface area contributed by atoms with Crippen molar-refractivity contribution in [1.82, 2.24) is 4.90 Å². The van der Waals surface area contributed by atoms with Gasteiger partial charge in [-0.2, -0.15) is 0 Å². The molecule has 0 N–H and O–H groups in total. The molecule has 2 fully saturated rings. The molecule has 130 valence electrons. The van der Waals surface area contributed by atoms with E-state index >= 15 is 0 Å². The van der Waals surface area contributed by atoms with Gasteiger partial charge in [0.2, 0.25) is 0 Å². The van der Waals surface area contributed by atoms with Crippen LogP contribution in [0.2, 0.25) is 12.6 Å². The molecule has 0 aromatic rings. The molecule has 1 aliphatic carbocycles. The maximum absolute atomic E-state index is 12.3. The van der Waals surface area contributed by atoms with Crippen molar-refractivity contribution in [3.05, 3.63) is 12.0 Å². The normalized spacial score (nSPS) is 24.4. The fourth-order valence-electron chi connectivity index (χ4n) is 3.65. The monoisotopic (exact) mass is 321 g/mol. The van der Waals surface area contributed by atoms with E-state index < -0.39 is 0 Å². The van der Waals surface area contributed by atoms with Crippen LogP contribution < -0.4 is 0 Å². The molecule has 1 heterocycles. The van der Waals surface area contributed by atoms with Gasteiger partial charge in [-0.15, -0.1) is 0 Å². The molecule has 1 aliphatic heterocycles. The molecule has 23 heavy (non-hydrogen) atoms. The Kier molecular flexibility index (Phi) is 7.32. The quantitative estimate of drug-likeness (QED) is 0.432. The highest BCUT2D eigenvalue weighted by Crippen LogP contribution is 2.35. The topological polar surface area (TPSA) is 38.8 Å². The second-order valence-electron chi connectivity index (χ2n) is 6.80. The summed E-state index contributed by atoms with van der Waals surface area (Å²) in [6, 6.07) is 0.167. The number of allylic oxidation sites excluding steroid dienone is 1. The molecule has 1 saturated carbocycles. The van der Waals surface area contributed by atoms with Gasteiger partial charge < -0.3 is 9.39 Å². The van der Waals surface area contributed by atoms with E-state index in [9.17, 15) is 4.79 Å². The van der Waals surface area contributed by atoms with Gasteiger partial charge in [0.15, 0.2) is 5.88 Å². The average Bonchev–Trinajstić information content (AvgIpc) is 2.90. The van der Waals surface area contributed by atoms with Gasteiger partial charge in [0, 0.05) is 0 Å². The van der Waals surface area contributed by atoms with Gasteiger partial charge in [-0.25, -0.2) is 9.69 Å². The number of rotatable bonds is 9.